The lowest BCUT2D eigenvalue weighted by Gasteiger charge is -2.17. The minimum atomic E-state index is -1.33. The van der Waals surface area contributed by atoms with Crippen molar-refractivity contribution in [3.8, 4) is 11.5 Å². The summed E-state index contributed by atoms with van der Waals surface area (Å²) in [6.07, 6.45) is 0. The van der Waals surface area contributed by atoms with Crippen LogP contribution in [-0.4, -0.2) is 24.1 Å². The Kier molecular flexibility index (Phi) is 4.08. The van der Waals surface area contributed by atoms with Crippen LogP contribution in [0.4, 0.5) is 5.69 Å². The predicted molar refractivity (Wildman–Crippen MR) is 73.8 cm³/mol. The lowest BCUT2D eigenvalue weighted by Crippen LogP contribution is -2.15. The first-order chi connectivity index (χ1) is 10.0. The molecule has 2 aromatic carbocycles. The van der Waals surface area contributed by atoms with E-state index in [1.165, 1.54) is 25.3 Å². The van der Waals surface area contributed by atoms with Crippen molar-refractivity contribution in [2.24, 2.45) is 0 Å². The number of para-hydroxylation sites is 1. The van der Waals surface area contributed by atoms with E-state index in [1.54, 1.807) is 24.3 Å². The number of carbonyl (C=O) groups is 2. The first-order valence-corrected chi connectivity index (χ1v) is 6.01. The molecule has 0 aliphatic carbocycles. The molecule has 21 heavy (non-hydrogen) atoms. The Balaban J connectivity index is 2.23. The molecule has 0 aromatic heterocycles. The molecular formula is C15H12NO5-. The van der Waals surface area contributed by atoms with Gasteiger partial charge in [-0.3, -0.25) is 4.79 Å². The average Bonchev–Trinajstić information content (AvgIpc) is 2.49. The fraction of sp³-hybridized carbons (Fsp3) is 0.0667. The van der Waals surface area contributed by atoms with Crippen molar-refractivity contribution in [1.29, 1.82) is 0 Å². The quantitative estimate of drug-likeness (QED) is 0.891. The molecule has 1 amide bonds. The topological polar surface area (TPSA) is 98.7 Å². The maximum Gasteiger partial charge on any atom is 0.335 e. The Bertz CT molecular complexity index is 679. The van der Waals surface area contributed by atoms with Gasteiger partial charge in [-0.25, -0.2) is 4.79 Å². The second kappa shape index (κ2) is 5.96. The summed E-state index contributed by atoms with van der Waals surface area (Å²) < 4.78 is 4.98. The minimum absolute atomic E-state index is 0.0734. The van der Waals surface area contributed by atoms with Gasteiger partial charge < -0.3 is 20.3 Å². The van der Waals surface area contributed by atoms with Crippen molar-refractivity contribution in [2.45, 2.75) is 0 Å². The first kappa shape index (κ1) is 14.4. The number of methoxy groups -OCH3 is 1. The van der Waals surface area contributed by atoms with E-state index in [9.17, 15) is 14.7 Å². The third-order valence-corrected chi connectivity index (χ3v) is 2.85. The minimum Gasteiger partial charge on any atom is -0.870 e. The number of hydrogen-bond donors (Lipinski definition) is 2. The summed E-state index contributed by atoms with van der Waals surface area (Å²) in [6, 6.07) is 10.2. The van der Waals surface area contributed by atoms with E-state index in [2.05, 4.69) is 5.32 Å². The molecule has 6 heteroatoms. The highest BCUT2D eigenvalue weighted by Gasteiger charge is 2.10. The lowest BCUT2D eigenvalue weighted by molar-refractivity contribution is -0.267. The van der Waals surface area contributed by atoms with E-state index in [1.807, 2.05) is 0 Å². The molecule has 0 heterocycles. The first-order valence-electron chi connectivity index (χ1n) is 6.01. The number of anilines is 1. The predicted octanol–water partition coefficient (Wildman–Crippen LogP) is 1.72. The molecule has 0 spiro atoms. The maximum atomic E-state index is 12.0. The molecule has 2 N–H and O–H groups in total. The average molecular weight is 286 g/mol. The molecule has 2 aromatic rings. The van der Waals surface area contributed by atoms with E-state index in [0.29, 0.717) is 11.3 Å². The van der Waals surface area contributed by atoms with Crippen LogP contribution >= 0.6 is 0 Å². The normalized spacial score (nSPS) is 9.95. The number of nitrogens with one attached hydrogen (secondary N) is 1. The lowest BCUT2D eigenvalue weighted by atomic mass is 10.1. The molecule has 6 nitrogen and oxygen atoms in total. The van der Waals surface area contributed by atoms with Crippen LogP contribution in [-0.2, 0) is 0 Å². The molecule has 0 bridgehead atoms. The third kappa shape index (κ3) is 3.11. The van der Waals surface area contributed by atoms with Gasteiger partial charge in [0.15, 0.2) is 0 Å². The van der Waals surface area contributed by atoms with Gasteiger partial charge in [-0.05, 0) is 36.4 Å². The zero-order chi connectivity index (χ0) is 15.4. The van der Waals surface area contributed by atoms with Crippen LogP contribution in [0.1, 0.15) is 20.7 Å². The molecule has 0 aliphatic heterocycles. The van der Waals surface area contributed by atoms with Gasteiger partial charge in [0.05, 0.1) is 12.7 Å². The van der Waals surface area contributed by atoms with Crippen LogP contribution in [0.25, 0.3) is 0 Å². The van der Waals surface area contributed by atoms with Crippen LogP contribution in [0.2, 0.25) is 0 Å². The number of carbonyl (C=O) groups excluding carboxylic acids is 1. The Hall–Kier alpha value is -3.02. The molecule has 0 saturated carbocycles. The maximum absolute atomic E-state index is 12.0. The fourth-order valence-corrected chi connectivity index (χ4v) is 1.74. The van der Waals surface area contributed by atoms with Gasteiger partial charge in [-0.1, -0.05) is 11.8 Å². The highest BCUT2D eigenvalue weighted by atomic mass is 16.5. The summed E-state index contributed by atoms with van der Waals surface area (Å²) in [4.78, 5) is 22.9. The summed E-state index contributed by atoms with van der Waals surface area (Å²) >= 11 is 0. The number of benzene rings is 2. The zero-order valence-corrected chi connectivity index (χ0v) is 11.1. The largest absolute Gasteiger partial charge is 0.870 e. The number of ether oxygens (including phenoxy) is 1. The highest BCUT2D eigenvalue weighted by molar-refractivity contribution is 6.06. The number of carboxylic acid groups (broad SMARTS) is 1. The second-order valence-corrected chi connectivity index (χ2v) is 4.17. The molecule has 0 aliphatic rings. The number of aromatic carboxylic acids is 1. The van der Waals surface area contributed by atoms with Crippen LogP contribution in [0.15, 0.2) is 42.5 Å². The SMILES string of the molecule is COc1ccc(C(=O)Nc2cccc(C(=O)O)c2[O-])cc1. The Morgan fingerprint density at radius 3 is 2.38 bits per heavy atom. The number of carboxylic acids is 1. The number of rotatable bonds is 4. The van der Waals surface area contributed by atoms with Gasteiger partial charge >= 0.3 is 5.97 Å². The van der Waals surface area contributed by atoms with Crippen molar-refractivity contribution in [3.05, 3.63) is 53.6 Å². The summed E-state index contributed by atoms with van der Waals surface area (Å²) in [5.41, 5.74) is -0.130. The van der Waals surface area contributed by atoms with E-state index in [0.717, 1.165) is 0 Å². The Morgan fingerprint density at radius 1 is 1.14 bits per heavy atom. The van der Waals surface area contributed by atoms with Crippen LogP contribution in [0, 0.1) is 0 Å². The zero-order valence-electron chi connectivity index (χ0n) is 11.1. The molecule has 0 saturated heterocycles. The van der Waals surface area contributed by atoms with Gasteiger partial charge in [0.25, 0.3) is 5.91 Å². The molecule has 0 atom stereocenters. The standard InChI is InChI=1S/C15H13NO5/c1-21-10-7-5-9(6-8-10)14(18)16-12-4-2-3-11(13(12)17)15(19)20/h2-8,17H,1H3,(H,16,18)(H,19,20)/p-1. The summed E-state index contributed by atoms with van der Waals surface area (Å²) in [5, 5.41) is 23.1. The van der Waals surface area contributed by atoms with Crippen LogP contribution in [0.5, 0.6) is 11.5 Å². The van der Waals surface area contributed by atoms with Crippen molar-refractivity contribution in [2.75, 3.05) is 12.4 Å². The van der Waals surface area contributed by atoms with E-state index >= 15 is 0 Å². The molecule has 0 radical (unpaired) electrons. The number of amides is 1. The Morgan fingerprint density at radius 2 is 1.81 bits per heavy atom. The van der Waals surface area contributed by atoms with Crippen molar-refractivity contribution >= 4 is 17.6 Å². The monoisotopic (exact) mass is 286 g/mol. The van der Waals surface area contributed by atoms with Gasteiger partial charge in [0.1, 0.15) is 5.75 Å². The van der Waals surface area contributed by atoms with Crippen molar-refractivity contribution in [3.63, 3.8) is 0 Å². The number of hydrogen-bond acceptors (Lipinski definition) is 4. The molecule has 0 fully saturated rings. The second-order valence-electron chi connectivity index (χ2n) is 4.17. The van der Waals surface area contributed by atoms with Gasteiger partial charge in [0.2, 0.25) is 0 Å². The summed E-state index contributed by atoms with van der Waals surface area (Å²) in [7, 11) is 1.51. The van der Waals surface area contributed by atoms with Crippen LogP contribution < -0.4 is 15.2 Å². The Labute approximate surface area is 120 Å². The molecule has 108 valence electrons. The van der Waals surface area contributed by atoms with E-state index in [-0.39, 0.29) is 11.3 Å². The van der Waals surface area contributed by atoms with Crippen molar-refractivity contribution < 1.29 is 24.5 Å². The van der Waals surface area contributed by atoms with Gasteiger partial charge in [-0.2, -0.15) is 0 Å². The molecular weight excluding hydrogens is 274 g/mol. The summed E-state index contributed by atoms with van der Waals surface area (Å²) in [5.74, 6) is -1.96. The summed E-state index contributed by atoms with van der Waals surface area (Å²) in [6.45, 7) is 0. The molecule has 0 unspecified atom stereocenters. The van der Waals surface area contributed by atoms with Crippen molar-refractivity contribution in [1.82, 2.24) is 0 Å². The third-order valence-electron chi connectivity index (χ3n) is 2.85. The van der Waals surface area contributed by atoms with Gasteiger partial charge in [-0.15, -0.1) is 0 Å². The van der Waals surface area contributed by atoms with E-state index < -0.39 is 17.6 Å². The fourth-order valence-electron chi connectivity index (χ4n) is 1.74. The van der Waals surface area contributed by atoms with Gasteiger partial charge in [0, 0.05) is 11.3 Å². The van der Waals surface area contributed by atoms with Crippen LogP contribution in [0.3, 0.4) is 0 Å². The molecule has 2 rings (SSSR count). The highest BCUT2D eigenvalue weighted by Crippen LogP contribution is 2.25. The van der Waals surface area contributed by atoms with E-state index in [4.69, 9.17) is 9.84 Å². The smallest absolute Gasteiger partial charge is 0.335 e.